The number of hydrogen-bond acceptors (Lipinski definition) is 4. The first kappa shape index (κ1) is 15.2. The average molecular weight is 274 g/mol. The van der Waals surface area contributed by atoms with E-state index in [-0.39, 0.29) is 5.09 Å². The Bertz CT molecular complexity index is 452. The van der Waals surface area contributed by atoms with Crippen LogP contribution in [0, 0.1) is 5.92 Å². The van der Waals surface area contributed by atoms with Gasteiger partial charge in [-0.2, -0.15) is 0 Å². The summed E-state index contributed by atoms with van der Waals surface area (Å²) in [5.41, 5.74) is 0. The number of nitrogens with one attached hydrogen (secondary N) is 2. The maximum atomic E-state index is 11.8. The van der Waals surface area contributed by atoms with Crippen LogP contribution >= 0.6 is 0 Å². The van der Waals surface area contributed by atoms with Gasteiger partial charge in [-0.25, -0.2) is 13.1 Å². The molecule has 0 aliphatic carbocycles. The van der Waals surface area contributed by atoms with Crippen LogP contribution in [0.2, 0.25) is 0 Å². The molecule has 0 saturated heterocycles. The summed E-state index contributed by atoms with van der Waals surface area (Å²) < 4.78 is 31.3. The molecule has 0 aliphatic heterocycles. The highest BCUT2D eigenvalue weighted by Crippen LogP contribution is 2.13. The van der Waals surface area contributed by atoms with Gasteiger partial charge in [0.2, 0.25) is 5.09 Å². The Balaban J connectivity index is 2.57. The summed E-state index contributed by atoms with van der Waals surface area (Å²) in [5, 5.41) is 3.18. The van der Waals surface area contributed by atoms with Crippen molar-refractivity contribution in [1.82, 2.24) is 10.0 Å². The van der Waals surface area contributed by atoms with E-state index in [0.29, 0.717) is 24.8 Å². The molecule has 6 heteroatoms. The van der Waals surface area contributed by atoms with Crippen molar-refractivity contribution in [2.24, 2.45) is 5.92 Å². The molecule has 0 spiro atoms. The molecular formula is C12H22N2O3S. The highest BCUT2D eigenvalue weighted by molar-refractivity contribution is 7.89. The first-order valence-corrected chi connectivity index (χ1v) is 7.73. The zero-order chi connectivity index (χ0) is 13.6. The van der Waals surface area contributed by atoms with Crippen molar-refractivity contribution in [3.05, 3.63) is 17.9 Å². The van der Waals surface area contributed by atoms with E-state index < -0.39 is 10.0 Å². The highest BCUT2D eigenvalue weighted by Gasteiger charge is 2.17. The van der Waals surface area contributed by atoms with Gasteiger partial charge in [0.25, 0.3) is 10.0 Å². The van der Waals surface area contributed by atoms with Crippen molar-refractivity contribution in [3.8, 4) is 0 Å². The molecule has 104 valence electrons. The smallest absolute Gasteiger partial charge is 0.273 e. The summed E-state index contributed by atoms with van der Waals surface area (Å²) in [5.74, 6) is 1.18. The lowest BCUT2D eigenvalue weighted by Gasteiger charge is -2.05. The van der Waals surface area contributed by atoms with E-state index >= 15 is 0 Å². The third-order valence-electron chi connectivity index (χ3n) is 2.30. The number of sulfonamides is 1. The summed E-state index contributed by atoms with van der Waals surface area (Å²) in [6, 6.07) is 3.18. The summed E-state index contributed by atoms with van der Waals surface area (Å²) in [7, 11) is -3.49. The van der Waals surface area contributed by atoms with Crippen molar-refractivity contribution in [3.63, 3.8) is 0 Å². The second-order valence-corrected chi connectivity index (χ2v) is 6.34. The van der Waals surface area contributed by atoms with E-state index in [4.69, 9.17) is 4.42 Å². The molecule has 2 N–H and O–H groups in total. The summed E-state index contributed by atoms with van der Waals surface area (Å²) in [6.07, 6.45) is 0.753. The molecule has 0 bridgehead atoms. The molecule has 0 aromatic carbocycles. The molecule has 0 radical (unpaired) electrons. The predicted octanol–water partition coefficient (Wildman–Crippen LogP) is 1.71. The largest absolute Gasteiger partial charge is 0.447 e. The minimum atomic E-state index is -3.49. The number of furan rings is 1. The standard InChI is InChI=1S/C12H22N2O3S/c1-4-7-14-18(15,16)12-6-5-11(17-12)9-13-8-10(2)3/h5-6,10,13-14H,4,7-9H2,1-3H3. The second-order valence-electron chi connectivity index (χ2n) is 4.64. The Morgan fingerprint density at radius 3 is 2.67 bits per heavy atom. The highest BCUT2D eigenvalue weighted by atomic mass is 32.2. The molecule has 1 rings (SSSR count). The first-order chi connectivity index (χ1) is 8.45. The van der Waals surface area contributed by atoms with Crippen LogP contribution in [-0.2, 0) is 16.6 Å². The van der Waals surface area contributed by atoms with Crippen LogP contribution < -0.4 is 10.0 Å². The Hall–Kier alpha value is -0.850. The van der Waals surface area contributed by atoms with Gasteiger partial charge in [-0.15, -0.1) is 0 Å². The van der Waals surface area contributed by atoms with E-state index in [1.165, 1.54) is 6.07 Å². The first-order valence-electron chi connectivity index (χ1n) is 6.24. The van der Waals surface area contributed by atoms with E-state index in [0.717, 1.165) is 13.0 Å². The monoisotopic (exact) mass is 274 g/mol. The Morgan fingerprint density at radius 2 is 2.06 bits per heavy atom. The van der Waals surface area contributed by atoms with Gasteiger partial charge in [0.05, 0.1) is 6.54 Å². The molecule has 1 heterocycles. The average Bonchev–Trinajstić information content (AvgIpc) is 2.75. The molecule has 18 heavy (non-hydrogen) atoms. The third kappa shape index (κ3) is 4.80. The van der Waals surface area contributed by atoms with E-state index in [2.05, 4.69) is 23.9 Å². The Labute approximate surface area is 109 Å². The molecule has 1 aromatic rings. The van der Waals surface area contributed by atoms with Gasteiger partial charge in [-0.1, -0.05) is 20.8 Å². The lowest BCUT2D eigenvalue weighted by atomic mass is 10.2. The van der Waals surface area contributed by atoms with Gasteiger partial charge in [-0.05, 0) is 31.0 Å². The van der Waals surface area contributed by atoms with Crippen LogP contribution in [0.25, 0.3) is 0 Å². The minimum Gasteiger partial charge on any atom is -0.447 e. The van der Waals surface area contributed by atoms with E-state index in [1.807, 2.05) is 6.92 Å². The van der Waals surface area contributed by atoms with Gasteiger partial charge in [-0.3, -0.25) is 0 Å². The van der Waals surface area contributed by atoms with Crippen molar-refractivity contribution >= 4 is 10.0 Å². The van der Waals surface area contributed by atoms with Crippen LogP contribution in [0.15, 0.2) is 21.6 Å². The number of rotatable bonds is 8. The lowest BCUT2D eigenvalue weighted by Crippen LogP contribution is -2.24. The molecule has 5 nitrogen and oxygen atoms in total. The lowest BCUT2D eigenvalue weighted by molar-refractivity contribution is 0.394. The molecule has 0 amide bonds. The maximum Gasteiger partial charge on any atom is 0.273 e. The van der Waals surface area contributed by atoms with Crippen LogP contribution in [0.5, 0.6) is 0 Å². The van der Waals surface area contributed by atoms with E-state index in [9.17, 15) is 8.42 Å². The van der Waals surface area contributed by atoms with Crippen molar-refractivity contribution in [1.29, 1.82) is 0 Å². The fraction of sp³-hybridized carbons (Fsp3) is 0.667. The fourth-order valence-electron chi connectivity index (χ4n) is 1.39. The quantitative estimate of drug-likeness (QED) is 0.757. The van der Waals surface area contributed by atoms with Gasteiger partial charge < -0.3 is 9.73 Å². The maximum absolute atomic E-state index is 11.8. The topological polar surface area (TPSA) is 71.3 Å². The fourth-order valence-corrected chi connectivity index (χ4v) is 2.47. The van der Waals surface area contributed by atoms with Crippen molar-refractivity contribution in [2.75, 3.05) is 13.1 Å². The summed E-state index contributed by atoms with van der Waals surface area (Å²) in [4.78, 5) is 0. The number of hydrogen-bond donors (Lipinski definition) is 2. The molecule has 0 saturated carbocycles. The molecule has 0 aliphatic rings. The predicted molar refractivity (Wildman–Crippen MR) is 70.7 cm³/mol. The van der Waals surface area contributed by atoms with Crippen LogP contribution in [0.4, 0.5) is 0 Å². The van der Waals surface area contributed by atoms with Gasteiger partial charge in [0.15, 0.2) is 0 Å². The molecule has 0 unspecified atom stereocenters. The van der Waals surface area contributed by atoms with Gasteiger partial charge >= 0.3 is 0 Å². The van der Waals surface area contributed by atoms with Crippen molar-refractivity contribution in [2.45, 2.75) is 38.8 Å². The molecule has 0 atom stereocenters. The summed E-state index contributed by atoms with van der Waals surface area (Å²) >= 11 is 0. The zero-order valence-electron chi connectivity index (χ0n) is 11.2. The molecular weight excluding hydrogens is 252 g/mol. The minimum absolute atomic E-state index is 0.0164. The second kappa shape index (κ2) is 6.92. The Kier molecular flexibility index (Phi) is 5.84. The zero-order valence-corrected chi connectivity index (χ0v) is 12.0. The van der Waals surface area contributed by atoms with Crippen LogP contribution in [0.3, 0.4) is 0 Å². The van der Waals surface area contributed by atoms with Crippen LogP contribution in [0.1, 0.15) is 33.0 Å². The van der Waals surface area contributed by atoms with E-state index in [1.54, 1.807) is 6.07 Å². The Morgan fingerprint density at radius 1 is 1.33 bits per heavy atom. The molecule has 0 fully saturated rings. The van der Waals surface area contributed by atoms with Crippen molar-refractivity contribution < 1.29 is 12.8 Å². The third-order valence-corrected chi connectivity index (χ3v) is 3.63. The summed E-state index contributed by atoms with van der Waals surface area (Å²) in [6.45, 7) is 7.97. The van der Waals surface area contributed by atoms with Gasteiger partial charge in [0, 0.05) is 6.54 Å². The van der Waals surface area contributed by atoms with Crippen LogP contribution in [-0.4, -0.2) is 21.5 Å². The SMILES string of the molecule is CCCNS(=O)(=O)c1ccc(CNCC(C)C)o1. The normalized spacial score (nSPS) is 12.2. The molecule has 1 aromatic heterocycles. The van der Waals surface area contributed by atoms with Gasteiger partial charge in [0.1, 0.15) is 5.76 Å².